The van der Waals surface area contributed by atoms with Crippen LogP contribution in [0.5, 0.6) is 0 Å². The van der Waals surface area contributed by atoms with Crippen LogP contribution < -0.4 is 75.7 Å². The van der Waals surface area contributed by atoms with Gasteiger partial charge in [-0.2, -0.15) is 0 Å². The Morgan fingerprint density at radius 1 is 0.414 bits per heavy atom. The fraction of sp³-hybridized carbons (Fsp3) is 0.784. The number of aliphatic carboxylic acids is 2. The number of rotatable bonds is 77. The molecule has 4 aliphatic rings. The van der Waals surface area contributed by atoms with Crippen molar-refractivity contribution in [1.29, 1.82) is 0 Å². The molecular formula is C102H172N14O29. The van der Waals surface area contributed by atoms with Gasteiger partial charge in [-0.05, 0) is 160 Å². The Morgan fingerprint density at radius 2 is 0.897 bits per heavy atom. The molecule has 1 aromatic carbocycles. The summed E-state index contributed by atoms with van der Waals surface area (Å²) in [4.78, 5) is 208. The second-order valence-electron chi connectivity index (χ2n) is 40.8. The van der Waals surface area contributed by atoms with Gasteiger partial charge in [0.2, 0.25) is 76.8 Å². The van der Waals surface area contributed by atoms with Gasteiger partial charge >= 0.3 is 17.9 Å². The van der Waals surface area contributed by atoms with Crippen molar-refractivity contribution in [3.63, 3.8) is 0 Å². The lowest BCUT2D eigenvalue weighted by Crippen LogP contribution is -2.59. The molecule has 0 radical (unpaired) electrons. The van der Waals surface area contributed by atoms with E-state index in [9.17, 15) is 86.9 Å². The standard InChI is InChI=1S/C102H172N14O29/c1-63(2)17-16-18-67(9)73-23-24-74-72-22-21-70-59-71(29-34-101(70,11)75(72)30-35-102(73,74)12)145-90(127)61-79(93(105)128)110-86(121)33-41-138-47-53-144-55-49-140-43-37-107-84(119)31-39-136-45-51-142-54-48-139-42-36-106-85(120)32-40-137-46-52-143-56-50-141-44-38-108-96(131)80(58-69-19-14-13-15-20-69)113-97(132)77(26-28-89(125)126)111-94(129)68(10)109-99(134)91(65(5)6)115-87(122)62-82(117)78(57-64(3)4)112-98(133)81(60-83(104)118)114-100(135)92(66(7)8)116-95(130)76(103)25-27-88(123)124/h13-15,19-20,63-68,70-82,91-92,117H,16-18,21-62,103H2,1-12H3,(H2,104,118)(H2,105,128)(H,106,120)(H,107,119)(H,108,131)(H,109,134)(H,110,121)(H,111,129)(H,112,133)(H,113,132)(H,114,135)(H,115,122)(H,116,130)(H,123,124)(H,125,126)/t67-,68+,70+,71+,72+,73-,74+,75+,76+,77+,78+,79+,80+,81+,82+,91+,92+,101+,102-/m1/s1. The molecule has 5 rings (SSSR count). The molecule has 0 bridgehead atoms. The summed E-state index contributed by atoms with van der Waals surface area (Å²) in [6, 6.07) is -3.55. The molecule has 4 fully saturated rings. The molecule has 145 heavy (non-hydrogen) atoms. The van der Waals surface area contributed by atoms with Gasteiger partial charge in [-0.15, -0.1) is 0 Å². The van der Waals surface area contributed by atoms with E-state index in [4.69, 9.17) is 69.7 Å². The van der Waals surface area contributed by atoms with Crippen molar-refractivity contribution in [3.05, 3.63) is 35.9 Å². The number of esters is 1. The quantitative estimate of drug-likeness (QED) is 0.0329. The predicted octanol–water partition coefficient (Wildman–Crippen LogP) is 2.75. The maximum Gasteiger partial charge on any atom is 0.308 e. The second kappa shape index (κ2) is 68.0. The van der Waals surface area contributed by atoms with Crippen molar-refractivity contribution in [2.45, 2.75) is 304 Å². The molecule has 13 amide bonds. The number of hydrogen-bond acceptors (Lipinski definition) is 28. The number of nitrogens with two attached hydrogens (primary N) is 3. The summed E-state index contributed by atoms with van der Waals surface area (Å²) in [6.45, 7) is 27.9. The van der Waals surface area contributed by atoms with Crippen LogP contribution in [0, 0.1) is 70.0 Å². The summed E-state index contributed by atoms with van der Waals surface area (Å²) in [6.07, 6.45) is 9.37. The molecule has 824 valence electrons. The zero-order chi connectivity index (χ0) is 107. The molecule has 43 heteroatoms. The topological polar surface area (TPSA) is 636 Å². The number of nitrogens with one attached hydrogen (secondary N) is 11. The monoisotopic (exact) mass is 2060 g/mol. The zero-order valence-corrected chi connectivity index (χ0v) is 87.5. The molecule has 1 aromatic rings. The molecule has 4 saturated carbocycles. The second-order valence-corrected chi connectivity index (χ2v) is 40.8. The van der Waals surface area contributed by atoms with Gasteiger partial charge in [0.1, 0.15) is 48.4 Å². The Labute approximate surface area is 854 Å². The third-order valence-electron chi connectivity index (χ3n) is 27.9. The van der Waals surface area contributed by atoms with Gasteiger partial charge < -0.3 is 138 Å². The highest BCUT2D eigenvalue weighted by atomic mass is 16.6. The van der Waals surface area contributed by atoms with Crippen LogP contribution in [0.4, 0.5) is 0 Å². The van der Waals surface area contributed by atoms with E-state index >= 15 is 0 Å². The fourth-order valence-electron chi connectivity index (χ4n) is 20.0. The summed E-state index contributed by atoms with van der Waals surface area (Å²) in [5.74, 6) is -9.09. The molecule has 0 aromatic heterocycles. The smallest absolute Gasteiger partial charge is 0.308 e. The lowest BCUT2D eigenvalue weighted by Gasteiger charge is -2.61. The van der Waals surface area contributed by atoms with E-state index in [0.29, 0.717) is 42.6 Å². The minimum Gasteiger partial charge on any atom is -0.481 e. The molecule has 19 atom stereocenters. The number of fused-ring (bicyclic) bond motifs is 5. The van der Waals surface area contributed by atoms with Crippen molar-refractivity contribution >= 4 is 94.7 Å². The summed E-state index contributed by atoms with van der Waals surface area (Å²) >= 11 is 0. The van der Waals surface area contributed by atoms with E-state index < -0.39 is 187 Å². The minimum absolute atomic E-state index is 0.00205. The van der Waals surface area contributed by atoms with Crippen LogP contribution in [-0.4, -0.2) is 315 Å². The Bertz CT molecular complexity index is 4160. The van der Waals surface area contributed by atoms with Crippen molar-refractivity contribution in [2.24, 2.45) is 87.2 Å². The number of primary amides is 2. The Morgan fingerprint density at radius 3 is 1.42 bits per heavy atom. The number of carboxylic acid groups (broad SMARTS) is 2. The number of amides is 13. The first-order chi connectivity index (χ1) is 68.9. The molecule has 0 saturated heterocycles. The predicted molar refractivity (Wildman–Crippen MR) is 534 cm³/mol. The lowest BCUT2D eigenvalue weighted by molar-refractivity contribution is -0.164. The average molecular weight is 2060 g/mol. The van der Waals surface area contributed by atoms with Gasteiger partial charge in [0.25, 0.3) is 0 Å². The van der Waals surface area contributed by atoms with E-state index in [1.54, 1.807) is 71.9 Å². The van der Waals surface area contributed by atoms with Crippen LogP contribution >= 0.6 is 0 Å². The Kier molecular flexibility index (Phi) is 59.0. The van der Waals surface area contributed by atoms with E-state index in [1.165, 1.54) is 64.7 Å². The number of carboxylic acids is 2. The molecule has 0 heterocycles. The molecule has 20 N–H and O–H groups in total. The lowest BCUT2D eigenvalue weighted by atomic mass is 9.44. The van der Waals surface area contributed by atoms with Gasteiger partial charge in [-0.3, -0.25) is 76.7 Å². The molecular weight excluding hydrogens is 1890 g/mol. The van der Waals surface area contributed by atoms with Crippen LogP contribution in [-0.2, 0) is 131 Å². The zero-order valence-electron chi connectivity index (χ0n) is 87.5. The van der Waals surface area contributed by atoms with Gasteiger partial charge in [-0.1, -0.05) is 126 Å². The van der Waals surface area contributed by atoms with Crippen LogP contribution in [0.2, 0.25) is 0 Å². The number of aliphatic hydroxyl groups is 1. The van der Waals surface area contributed by atoms with Gasteiger partial charge in [0.15, 0.2) is 0 Å². The van der Waals surface area contributed by atoms with E-state index in [1.807, 2.05) is 0 Å². The van der Waals surface area contributed by atoms with Gasteiger partial charge in [0.05, 0.1) is 156 Å². The largest absolute Gasteiger partial charge is 0.481 e. The molecule has 0 unspecified atom stereocenters. The van der Waals surface area contributed by atoms with Crippen LogP contribution in [0.25, 0.3) is 0 Å². The highest BCUT2D eigenvalue weighted by molar-refractivity contribution is 5.97. The highest BCUT2D eigenvalue weighted by Crippen LogP contribution is 2.68. The van der Waals surface area contributed by atoms with Crippen molar-refractivity contribution in [2.75, 3.05) is 139 Å². The maximum atomic E-state index is 14.0. The van der Waals surface area contributed by atoms with E-state index in [2.05, 4.69) is 93.1 Å². The normalized spacial score (nSPS) is 20.8. The van der Waals surface area contributed by atoms with Crippen LogP contribution in [0.3, 0.4) is 0 Å². The number of benzene rings is 1. The van der Waals surface area contributed by atoms with Crippen molar-refractivity contribution in [3.8, 4) is 0 Å². The first kappa shape index (κ1) is 126. The molecule has 43 nitrogen and oxygen atoms in total. The first-order valence-electron chi connectivity index (χ1n) is 52.0. The summed E-state index contributed by atoms with van der Waals surface area (Å²) in [7, 11) is 0. The first-order valence-corrected chi connectivity index (χ1v) is 52.0. The van der Waals surface area contributed by atoms with E-state index in [0.717, 1.165) is 48.9 Å². The third-order valence-corrected chi connectivity index (χ3v) is 27.9. The van der Waals surface area contributed by atoms with Gasteiger partial charge in [-0.25, -0.2) is 0 Å². The van der Waals surface area contributed by atoms with E-state index in [-0.39, 0.29) is 193 Å². The number of hydrogen-bond donors (Lipinski definition) is 17. The molecule has 0 spiro atoms. The number of carbonyl (C=O) groups is 16. The third kappa shape index (κ3) is 48.0. The fourth-order valence-corrected chi connectivity index (χ4v) is 20.0. The summed E-state index contributed by atoms with van der Waals surface area (Å²) < 4.78 is 55.9. The Balaban J connectivity index is 0.840. The number of ether oxygens (including phenoxy) is 10. The average Bonchev–Trinajstić information content (AvgIpc) is 1.61. The molecule has 4 aliphatic carbocycles. The Hall–Kier alpha value is -9.70. The number of aliphatic hydroxyl groups excluding tert-OH is 1. The summed E-state index contributed by atoms with van der Waals surface area (Å²) in [5.41, 5.74) is 18.3. The van der Waals surface area contributed by atoms with Crippen molar-refractivity contribution < 1.29 is 139 Å². The van der Waals surface area contributed by atoms with Crippen LogP contribution in [0.1, 0.15) is 236 Å². The van der Waals surface area contributed by atoms with Gasteiger partial charge in [0, 0.05) is 58.2 Å². The summed E-state index contributed by atoms with van der Waals surface area (Å²) in [5, 5.41) is 58.5. The minimum atomic E-state index is -1.65. The highest BCUT2D eigenvalue weighted by Gasteiger charge is 2.61. The van der Waals surface area contributed by atoms with Crippen LogP contribution in [0.15, 0.2) is 30.3 Å². The molecule has 0 aliphatic heterocycles. The SMILES string of the molecule is CC(C)CCC[C@@H](C)[C@H]1CC[C@H]2[C@@H]3CC[C@H]4C[C@@H](OC(=O)C[C@H](NC(=O)CCOCCOCCOCCNC(=O)CCOCCOCCOCCNC(=O)CCOCCOCCOCCNC(=O)[C@H](Cc5ccccc5)NC(=O)[C@H](CCC(=O)O)NC(=O)[C@H](C)NC(=O)[C@@H](NC(=O)C[C@H](O)[C@H](CC(C)C)NC(=O)[C@H](CC(N)=O)NC(=O)[C@@H](NC(=O)[C@@H](N)CCC(=O)O)C(C)C)C(C)C)C(N)=O)CC[C@]4(C)[C@H]3CC[C@]12C. The number of carbonyl (C=O) groups excluding carboxylic acids is 14. The maximum absolute atomic E-state index is 14.0. The van der Waals surface area contributed by atoms with Crippen molar-refractivity contribution in [1.82, 2.24) is 58.5 Å².